The smallest absolute Gasteiger partial charge is 0.0962 e. The number of hydrogen-bond acceptors (Lipinski definition) is 3. The molecule has 0 saturated carbocycles. The van der Waals surface area contributed by atoms with Gasteiger partial charge in [0.05, 0.1) is 18.1 Å². The monoisotopic (exact) mass is 190 g/mol. The van der Waals surface area contributed by atoms with Crippen molar-refractivity contribution in [3.8, 4) is 6.07 Å². The van der Waals surface area contributed by atoms with Crippen LogP contribution in [0.15, 0.2) is 24.5 Å². The van der Waals surface area contributed by atoms with Gasteiger partial charge in [-0.05, 0) is 12.5 Å². The highest BCUT2D eigenvalue weighted by atomic mass is 16.3. The van der Waals surface area contributed by atoms with Crippen LogP contribution in [0.4, 0.5) is 0 Å². The van der Waals surface area contributed by atoms with Crippen LogP contribution in [0, 0.1) is 17.2 Å². The third kappa shape index (κ3) is 2.54. The van der Waals surface area contributed by atoms with Crippen LogP contribution < -0.4 is 0 Å². The van der Waals surface area contributed by atoms with Crippen LogP contribution in [-0.4, -0.2) is 10.1 Å². The van der Waals surface area contributed by atoms with Gasteiger partial charge >= 0.3 is 0 Å². The molecule has 0 aliphatic carbocycles. The predicted octanol–water partition coefficient (Wildman–Crippen LogP) is 2.05. The highest BCUT2D eigenvalue weighted by Gasteiger charge is 2.19. The van der Waals surface area contributed by atoms with Crippen LogP contribution in [0.25, 0.3) is 0 Å². The summed E-state index contributed by atoms with van der Waals surface area (Å²) < 4.78 is 0. The maximum atomic E-state index is 9.85. The number of rotatable bonds is 4. The van der Waals surface area contributed by atoms with Gasteiger partial charge < -0.3 is 5.11 Å². The molecule has 0 radical (unpaired) electrons. The Balaban J connectivity index is 2.74. The zero-order valence-electron chi connectivity index (χ0n) is 8.22. The maximum absolute atomic E-state index is 9.85. The molecule has 1 aromatic heterocycles. The molecule has 2 atom stereocenters. The minimum Gasteiger partial charge on any atom is -0.387 e. The Bertz CT molecular complexity index is 305. The Kier molecular flexibility index (Phi) is 4.09. The fourth-order valence-electron chi connectivity index (χ4n) is 1.39. The van der Waals surface area contributed by atoms with E-state index in [1.54, 1.807) is 24.5 Å². The predicted molar refractivity (Wildman–Crippen MR) is 53.2 cm³/mol. The van der Waals surface area contributed by atoms with Crippen LogP contribution in [-0.2, 0) is 0 Å². The Labute approximate surface area is 84.0 Å². The van der Waals surface area contributed by atoms with Gasteiger partial charge in [0.25, 0.3) is 0 Å². The van der Waals surface area contributed by atoms with Crippen molar-refractivity contribution in [3.63, 3.8) is 0 Å². The van der Waals surface area contributed by atoms with Gasteiger partial charge in [0.1, 0.15) is 0 Å². The van der Waals surface area contributed by atoms with E-state index < -0.39 is 6.10 Å². The first kappa shape index (κ1) is 10.7. The molecule has 3 nitrogen and oxygen atoms in total. The minimum absolute atomic E-state index is 0.329. The standard InChI is InChI=1S/C11H14N2O/c1-2-4-9(7-12)11(14)10-5-3-6-13-8-10/h3,5-6,8-9,11,14H,2,4H2,1H3. The second-order valence-corrected chi connectivity index (χ2v) is 3.26. The lowest BCUT2D eigenvalue weighted by Crippen LogP contribution is -2.10. The molecule has 0 aromatic carbocycles. The van der Waals surface area contributed by atoms with Gasteiger partial charge in [-0.2, -0.15) is 5.26 Å². The van der Waals surface area contributed by atoms with E-state index in [0.717, 1.165) is 6.42 Å². The van der Waals surface area contributed by atoms with E-state index in [-0.39, 0.29) is 5.92 Å². The molecule has 0 amide bonds. The molecule has 0 bridgehead atoms. The van der Waals surface area contributed by atoms with Gasteiger partial charge in [0.15, 0.2) is 0 Å². The van der Waals surface area contributed by atoms with Gasteiger partial charge in [-0.3, -0.25) is 4.98 Å². The number of pyridine rings is 1. The van der Waals surface area contributed by atoms with Gasteiger partial charge in [-0.15, -0.1) is 0 Å². The Morgan fingerprint density at radius 1 is 1.64 bits per heavy atom. The van der Waals surface area contributed by atoms with Crippen molar-refractivity contribution in [2.75, 3.05) is 0 Å². The topological polar surface area (TPSA) is 56.9 Å². The molecule has 0 saturated heterocycles. The quantitative estimate of drug-likeness (QED) is 0.790. The minimum atomic E-state index is -0.714. The molecular weight excluding hydrogens is 176 g/mol. The zero-order valence-corrected chi connectivity index (χ0v) is 8.22. The molecule has 14 heavy (non-hydrogen) atoms. The number of nitriles is 1. The van der Waals surface area contributed by atoms with Crippen LogP contribution in [0.2, 0.25) is 0 Å². The van der Waals surface area contributed by atoms with Crippen LogP contribution in [0.3, 0.4) is 0 Å². The van der Waals surface area contributed by atoms with E-state index in [1.807, 2.05) is 6.92 Å². The van der Waals surface area contributed by atoms with E-state index in [4.69, 9.17) is 5.26 Å². The fourth-order valence-corrected chi connectivity index (χ4v) is 1.39. The molecule has 1 N–H and O–H groups in total. The van der Waals surface area contributed by atoms with Crippen molar-refractivity contribution in [1.29, 1.82) is 5.26 Å². The van der Waals surface area contributed by atoms with Crippen molar-refractivity contribution in [2.45, 2.75) is 25.9 Å². The highest BCUT2D eigenvalue weighted by molar-refractivity contribution is 5.14. The van der Waals surface area contributed by atoms with Gasteiger partial charge in [0.2, 0.25) is 0 Å². The summed E-state index contributed by atoms with van der Waals surface area (Å²) in [6, 6.07) is 5.68. The van der Waals surface area contributed by atoms with Gasteiger partial charge in [0, 0.05) is 18.0 Å². The number of nitrogens with zero attached hydrogens (tertiary/aromatic N) is 2. The molecule has 74 valence electrons. The average Bonchev–Trinajstić information content (AvgIpc) is 2.26. The van der Waals surface area contributed by atoms with Crippen molar-refractivity contribution in [2.24, 2.45) is 5.92 Å². The SMILES string of the molecule is CCCC(C#N)C(O)c1cccnc1. The first-order valence-corrected chi connectivity index (χ1v) is 4.77. The van der Waals surface area contributed by atoms with Crippen molar-refractivity contribution >= 4 is 0 Å². The molecule has 0 fully saturated rings. The summed E-state index contributed by atoms with van der Waals surface area (Å²) >= 11 is 0. The van der Waals surface area contributed by atoms with Crippen molar-refractivity contribution in [1.82, 2.24) is 4.98 Å². The molecule has 0 aliphatic heterocycles. The Hall–Kier alpha value is -1.40. The fraction of sp³-hybridized carbons (Fsp3) is 0.455. The zero-order chi connectivity index (χ0) is 10.4. The number of hydrogen-bond donors (Lipinski definition) is 1. The number of aliphatic hydroxyl groups excluding tert-OH is 1. The van der Waals surface area contributed by atoms with E-state index in [9.17, 15) is 5.11 Å². The largest absolute Gasteiger partial charge is 0.387 e. The summed E-state index contributed by atoms with van der Waals surface area (Å²) in [7, 11) is 0. The first-order chi connectivity index (χ1) is 6.79. The maximum Gasteiger partial charge on any atom is 0.0962 e. The van der Waals surface area contributed by atoms with Crippen LogP contribution >= 0.6 is 0 Å². The van der Waals surface area contributed by atoms with E-state index in [2.05, 4.69) is 11.1 Å². The molecule has 2 unspecified atom stereocenters. The van der Waals surface area contributed by atoms with E-state index in [0.29, 0.717) is 12.0 Å². The summed E-state index contributed by atoms with van der Waals surface area (Å²) in [6.45, 7) is 2.00. The average molecular weight is 190 g/mol. The summed E-state index contributed by atoms with van der Waals surface area (Å²) in [5, 5.41) is 18.7. The number of aliphatic hydroxyl groups is 1. The van der Waals surface area contributed by atoms with Crippen molar-refractivity contribution < 1.29 is 5.11 Å². The lowest BCUT2D eigenvalue weighted by molar-refractivity contribution is 0.129. The Morgan fingerprint density at radius 3 is 2.93 bits per heavy atom. The summed E-state index contributed by atoms with van der Waals surface area (Å²) in [4.78, 5) is 3.91. The van der Waals surface area contributed by atoms with Crippen molar-refractivity contribution in [3.05, 3.63) is 30.1 Å². The second kappa shape index (κ2) is 5.36. The second-order valence-electron chi connectivity index (χ2n) is 3.26. The third-order valence-electron chi connectivity index (χ3n) is 2.17. The molecule has 0 spiro atoms. The molecule has 1 aromatic rings. The third-order valence-corrected chi connectivity index (χ3v) is 2.17. The van der Waals surface area contributed by atoms with Gasteiger partial charge in [-0.1, -0.05) is 19.4 Å². The van der Waals surface area contributed by atoms with Crippen LogP contribution in [0.5, 0.6) is 0 Å². The van der Waals surface area contributed by atoms with Crippen LogP contribution in [0.1, 0.15) is 31.4 Å². The summed E-state index contributed by atoms with van der Waals surface area (Å²) in [5.41, 5.74) is 0.715. The molecule has 3 heteroatoms. The lowest BCUT2D eigenvalue weighted by Gasteiger charge is -2.15. The molecule has 1 heterocycles. The highest BCUT2D eigenvalue weighted by Crippen LogP contribution is 2.24. The van der Waals surface area contributed by atoms with E-state index in [1.165, 1.54) is 0 Å². The first-order valence-electron chi connectivity index (χ1n) is 4.77. The lowest BCUT2D eigenvalue weighted by atomic mass is 9.94. The van der Waals surface area contributed by atoms with Gasteiger partial charge in [-0.25, -0.2) is 0 Å². The molecule has 1 rings (SSSR count). The normalized spacial score (nSPS) is 14.4. The Morgan fingerprint density at radius 2 is 2.43 bits per heavy atom. The summed E-state index contributed by atoms with van der Waals surface area (Å²) in [6.07, 6.45) is 4.15. The summed E-state index contributed by atoms with van der Waals surface area (Å²) in [5.74, 6) is -0.329. The number of aromatic nitrogens is 1. The molecule has 0 aliphatic rings. The van der Waals surface area contributed by atoms with E-state index >= 15 is 0 Å². The molecular formula is C11H14N2O.